The molecule has 0 aromatic heterocycles. The van der Waals surface area contributed by atoms with Gasteiger partial charge >= 0.3 is 17.5 Å². The number of ether oxygens (including phenoxy) is 2. The molecule has 3 aromatic rings. The first kappa shape index (κ1) is 27.7. The number of nitrogens with zero attached hydrogens (tertiary/aromatic N) is 3. The number of hydrogen-bond acceptors (Lipinski definition) is 9. The number of nitrogens with one attached hydrogen (secondary N) is 2. The number of nitro benzene ring substituents is 2. The van der Waals surface area contributed by atoms with Crippen LogP contribution in [0, 0.1) is 26.0 Å². The van der Waals surface area contributed by atoms with Crippen LogP contribution in [0.3, 0.4) is 0 Å². The smallest absolute Gasteiger partial charge is 0.329 e. The standard InChI is InChI=1S/C23H17BrFN5O8/c1-2-37-21-9-13(12-26-28-23(32)22(31)27-17-6-4-14(24)10-16(17)25)3-7-20(21)38-19-8-5-15(29(33)34)11-18(19)30(35)36/h3-12H,2H2,1H3,(H,27,31)(H,28,32). The quantitative estimate of drug-likeness (QED) is 0.156. The van der Waals surface area contributed by atoms with Gasteiger partial charge in [-0.2, -0.15) is 5.10 Å². The minimum absolute atomic E-state index is 0.0703. The number of carbonyl (C=O) groups excluding carboxylic acids is 2. The summed E-state index contributed by atoms with van der Waals surface area (Å²) in [5.41, 5.74) is 1.11. The number of benzene rings is 3. The van der Waals surface area contributed by atoms with Gasteiger partial charge in [-0.05, 0) is 55.0 Å². The summed E-state index contributed by atoms with van der Waals surface area (Å²) in [7, 11) is 0. The Hall–Kier alpha value is -4.92. The van der Waals surface area contributed by atoms with E-state index >= 15 is 0 Å². The van der Waals surface area contributed by atoms with E-state index in [2.05, 4.69) is 26.3 Å². The van der Waals surface area contributed by atoms with Crippen LogP contribution in [-0.4, -0.2) is 34.5 Å². The molecule has 2 N–H and O–H groups in total. The number of rotatable bonds is 9. The second-order valence-corrected chi connectivity index (χ2v) is 8.10. The Balaban J connectivity index is 1.72. The zero-order valence-electron chi connectivity index (χ0n) is 19.3. The molecule has 0 heterocycles. The first-order valence-corrected chi connectivity index (χ1v) is 11.3. The van der Waals surface area contributed by atoms with Gasteiger partial charge in [0.2, 0.25) is 5.75 Å². The molecular weight excluding hydrogens is 573 g/mol. The van der Waals surface area contributed by atoms with Crippen molar-refractivity contribution in [2.75, 3.05) is 11.9 Å². The summed E-state index contributed by atoms with van der Waals surface area (Å²) in [6, 6.07) is 11.1. The molecule has 0 unspecified atom stereocenters. The van der Waals surface area contributed by atoms with Crippen molar-refractivity contribution in [3.63, 3.8) is 0 Å². The van der Waals surface area contributed by atoms with Crippen LogP contribution in [-0.2, 0) is 9.59 Å². The number of nitro groups is 2. The molecule has 0 saturated heterocycles. The largest absolute Gasteiger partial charge is 0.490 e. The van der Waals surface area contributed by atoms with Crippen molar-refractivity contribution in [3.8, 4) is 17.2 Å². The minimum atomic E-state index is -1.15. The fraction of sp³-hybridized carbons (Fsp3) is 0.0870. The van der Waals surface area contributed by atoms with E-state index in [9.17, 15) is 34.2 Å². The Morgan fingerprint density at radius 2 is 1.74 bits per heavy atom. The van der Waals surface area contributed by atoms with Gasteiger partial charge in [0.25, 0.3) is 5.69 Å². The molecule has 0 saturated carbocycles. The summed E-state index contributed by atoms with van der Waals surface area (Å²) in [4.78, 5) is 44.7. The summed E-state index contributed by atoms with van der Waals surface area (Å²) >= 11 is 3.08. The van der Waals surface area contributed by atoms with E-state index < -0.39 is 38.9 Å². The molecule has 13 nitrogen and oxygen atoms in total. The molecule has 0 aliphatic rings. The topological polar surface area (TPSA) is 175 Å². The SMILES string of the molecule is CCOc1cc(C=NNC(=O)C(=O)Nc2ccc(Br)cc2F)ccc1Oc1ccc([N+](=O)[O-])cc1[N+](=O)[O-]. The van der Waals surface area contributed by atoms with Crippen molar-refractivity contribution in [1.82, 2.24) is 5.43 Å². The highest BCUT2D eigenvalue weighted by Crippen LogP contribution is 2.38. The number of anilines is 1. The van der Waals surface area contributed by atoms with E-state index in [1.165, 1.54) is 36.5 Å². The summed E-state index contributed by atoms with van der Waals surface area (Å²) in [5.74, 6) is -3.07. The molecule has 0 bridgehead atoms. The van der Waals surface area contributed by atoms with Gasteiger partial charge in [-0.25, -0.2) is 9.82 Å². The molecule has 0 radical (unpaired) electrons. The number of non-ortho nitro benzene ring substituents is 1. The van der Waals surface area contributed by atoms with E-state index in [0.717, 1.165) is 24.3 Å². The van der Waals surface area contributed by atoms with Gasteiger partial charge in [0.15, 0.2) is 11.5 Å². The average Bonchev–Trinajstić information content (AvgIpc) is 2.87. The van der Waals surface area contributed by atoms with Crippen molar-refractivity contribution in [1.29, 1.82) is 0 Å². The Bertz CT molecular complexity index is 1450. The van der Waals surface area contributed by atoms with Crippen LogP contribution >= 0.6 is 15.9 Å². The number of carbonyl (C=O) groups is 2. The predicted octanol–water partition coefficient (Wildman–Crippen LogP) is 4.68. The fourth-order valence-corrected chi connectivity index (χ4v) is 3.24. The number of hydrazone groups is 1. The lowest BCUT2D eigenvalue weighted by atomic mass is 10.2. The van der Waals surface area contributed by atoms with Crippen LogP contribution in [0.15, 0.2) is 64.2 Å². The molecule has 196 valence electrons. The van der Waals surface area contributed by atoms with Gasteiger partial charge in [-0.15, -0.1) is 0 Å². The van der Waals surface area contributed by atoms with Gasteiger partial charge in [-0.3, -0.25) is 29.8 Å². The Morgan fingerprint density at radius 3 is 2.39 bits per heavy atom. The van der Waals surface area contributed by atoms with E-state index in [-0.39, 0.29) is 29.5 Å². The average molecular weight is 590 g/mol. The Kier molecular flexibility index (Phi) is 8.99. The summed E-state index contributed by atoms with van der Waals surface area (Å²) < 4.78 is 25.4. The van der Waals surface area contributed by atoms with Gasteiger partial charge in [-0.1, -0.05) is 15.9 Å². The molecular formula is C23H17BrFN5O8. The lowest BCUT2D eigenvalue weighted by Crippen LogP contribution is -2.32. The van der Waals surface area contributed by atoms with Crippen LogP contribution in [0.2, 0.25) is 0 Å². The second kappa shape index (κ2) is 12.4. The van der Waals surface area contributed by atoms with Crippen LogP contribution < -0.4 is 20.2 Å². The third kappa shape index (κ3) is 7.07. The Labute approximate surface area is 221 Å². The highest BCUT2D eigenvalue weighted by atomic mass is 79.9. The fourth-order valence-electron chi connectivity index (χ4n) is 2.91. The van der Waals surface area contributed by atoms with Crippen LogP contribution in [0.1, 0.15) is 12.5 Å². The van der Waals surface area contributed by atoms with Gasteiger partial charge in [0.05, 0.1) is 34.4 Å². The second-order valence-electron chi connectivity index (χ2n) is 7.18. The van der Waals surface area contributed by atoms with E-state index in [1.807, 2.05) is 5.43 Å². The molecule has 0 aliphatic carbocycles. The number of halogens is 2. The zero-order chi connectivity index (χ0) is 27.8. The van der Waals surface area contributed by atoms with Gasteiger partial charge in [0.1, 0.15) is 5.82 Å². The molecule has 0 spiro atoms. The summed E-state index contributed by atoms with van der Waals surface area (Å²) in [6.45, 7) is 1.88. The highest BCUT2D eigenvalue weighted by molar-refractivity contribution is 9.10. The predicted molar refractivity (Wildman–Crippen MR) is 136 cm³/mol. The number of amides is 2. The molecule has 3 rings (SSSR count). The lowest BCUT2D eigenvalue weighted by molar-refractivity contribution is -0.394. The molecule has 15 heteroatoms. The van der Waals surface area contributed by atoms with Crippen molar-refractivity contribution >= 4 is 51.0 Å². The number of hydrogen-bond donors (Lipinski definition) is 2. The molecule has 38 heavy (non-hydrogen) atoms. The van der Waals surface area contributed by atoms with Crippen LogP contribution in [0.25, 0.3) is 0 Å². The molecule has 0 fully saturated rings. The van der Waals surface area contributed by atoms with Crippen molar-refractivity contribution in [2.45, 2.75) is 6.92 Å². The van der Waals surface area contributed by atoms with Crippen LogP contribution in [0.4, 0.5) is 21.5 Å². The minimum Gasteiger partial charge on any atom is -0.490 e. The molecule has 2 amide bonds. The highest BCUT2D eigenvalue weighted by Gasteiger charge is 2.22. The molecule has 0 atom stereocenters. The first-order chi connectivity index (χ1) is 18.1. The molecule has 0 aliphatic heterocycles. The van der Waals surface area contributed by atoms with E-state index in [1.54, 1.807) is 6.92 Å². The third-order valence-corrected chi connectivity index (χ3v) is 5.10. The maximum Gasteiger partial charge on any atom is 0.329 e. The monoisotopic (exact) mass is 589 g/mol. The summed E-state index contributed by atoms with van der Waals surface area (Å²) in [5, 5.41) is 28.1. The third-order valence-electron chi connectivity index (χ3n) is 4.60. The van der Waals surface area contributed by atoms with Crippen molar-refractivity contribution in [3.05, 3.63) is 90.7 Å². The van der Waals surface area contributed by atoms with Crippen molar-refractivity contribution in [2.24, 2.45) is 5.10 Å². The maximum absolute atomic E-state index is 13.8. The van der Waals surface area contributed by atoms with Crippen LogP contribution in [0.5, 0.6) is 17.2 Å². The van der Waals surface area contributed by atoms with Crippen molar-refractivity contribution < 1.29 is 33.3 Å². The lowest BCUT2D eigenvalue weighted by Gasteiger charge is -2.12. The summed E-state index contributed by atoms with van der Waals surface area (Å²) in [6.07, 6.45) is 1.19. The van der Waals surface area contributed by atoms with Gasteiger partial charge in [0, 0.05) is 10.5 Å². The zero-order valence-corrected chi connectivity index (χ0v) is 20.9. The van der Waals surface area contributed by atoms with E-state index in [0.29, 0.717) is 10.0 Å². The molecule has 3 aromatic carbocycles. The van der Waals surface area contributed by atoms with Gasteiger partial charge < -0.3 is 14.8 Å². The Morgan fingerprint density at radius 1 is 1.00 bits per heavy atom. The maximum atomic E-state index is 13.8. The first-order valence-electron chi connectivity index (χ1n) is 10.6. The van der Waals surface area contributed by atoms with E-state index in [4.69, 9.17) is 9.47 Å². The normalized spacial score (nSPS) is 10.6.